The van der Waals surface area contributed by atoms with Crippen molar-refractivity contribution in [1.82, 2.24) is 0 Å². The van der Waals surface area contributed by atoms with E-state index in [-0.39, 0.29) is 41.1 Å². The predicted molar refractivity (Wildman–Crippen MR) is 107 cm³/mol. The number of aromatic hydroxyl groups is 2. The van der Waals surface area contributed by atoms with E-state index in [2.05, 4.69) is 0 Å². The molecule has 2 aliphatic rings. The molecule has 12 nitrogen and oxygen atoms in total. The molecule has 2 aromatic carbocycles. The van der Waals surface area contributed by atoms with Crippen LogP contribution in [-0.4, -0.2) is 81.0 Å². The molecule has 0 saturated carbocycles. The zero-order valence-electron chi connectivity index (χ0n) is 17.2. The van der Waals surface area contributed by atoms with Gasteiger partial charge in [-0.25, -0.2) is 4.79 Å². The highest BCUT2D eigenvalue weighted by Crippen LogP contribution is 2.47. The van der Waals surface area contributed by atoms with E-state index in [9.17, 15) is 35.4 Å². The number of aliphatic hydroxyl groups excluding tert-OH is 3. The third kappa shape index (κ3) is 4.28. The summed E-state index contributed by atoms with van der Waals surface area (Å²) in [4.78, 5) is 11.3. The molecule has 6 unspecified atom stereocenters. The Balaban J connectivity index is 1.58. The number of fused-ring (bicyclic) bond motifs is 1. The summed E-state index contributed by atoms with van der Waals surface area (Å²) in [5.41, 5.74) is 0.567. The molecule has 12 heteroatoms. The first-order valence-electron chi connectivity index (χ1n) is 9.82. The molecule has 33 heavy (non-hydrogen) atoms. The molecule has 6 N–H and O–H groups in total. The average Bonchev–Trinajstić information content (AvgIpc) is 2.78. The van der Waals surface area contributed by atoms with E-state index in [0.29, 0.717) is 5.56 Å². The minimum atomic E-state index is -1.88. The topological polar surface area (TPSA) is 185 Å². The highest BCUT2D eigenvalue weighted by molar-refractivity contribution is 5.73. The lowest BCUT2D eigenvalue weighted by Crippen LogP contribution is -2.61. The van der Waals surface area contributed by atoms with Crippen molar-refractivity contribution in [3.8, 4) is 34.5 Å². The van der Waals surface area contributed by atoms with Crippen LogP contribution < -0.4 is 18.9 Å². The quantitative estimate of drug-likeness (QED) is 0.344. The molecular formula is C21H22O12. The first kappa shape index (κ1) is 22.7. The van der Waals surface area contributed by atoms with Crippen LogP contribution in [0.3, 0.4) is 0 Å². The van der Waals surface area contributed by atoms with E-state index < -0.39 is 42.8 Å². The minimum absolute atomic E-state index is 0.0208. The van der Waals surface area contributed by atoms with E-state index >= 15 is 0 Å². The van der Waals surface area contributed by atoms with Gasteiger partial charge in [0.15, 0.2) is 35.2 Å². The molecule has 4 rings (SSSR count). The van der Waals surface area contributed by atoms with Crippen LogP contribution in [0, 0.1) is 0 Å². The maximum atomic E-state index is 11.3. The molecule has 0 bridgehead atoms. The molecule has 2 aliphatic heterocycles. The number of ether oxygens (including phenoxy) is 5. The Morgan fingerprint density at radius 1 is 1.03 bits per heavy atom. The summed E-state index contributed by atoms with van der Waals surface area (Å²) in [5, 5.41) is 59.3. The number of hydrogen-bond donors (Lipinski definition) is 6. The largest absolute Gasteiger partial charge is 0.508 e. The maximum Gasteiger partial charge on any atom is 0.335 e. The van der Waals surface area contributed by atoms with Crippen molar-refractivity contribution in [3.63, 3.8) is 0 Å². The number of aliphatic carboxylic acids is 1. The first-order valence-corrected chi connectivity index (χ1v) is 9.82. The van der Waals surface area contributed by atoms with Gasteiger partial charge in [0, 0.05) is 12.1 Å². The van der Waals surface area contributed by atoms with Crippen molar-refractivity contribution in [2.45, 2.75) is 36.8 Å². The predicted octanol–water partition coefficient (Wildman–Crippen LogP) is -0.110. The lowest BCUT2D eigenvalue weighted by atomic mass is 9.99. The van der Waals surface area contributed by atoms with Crippen LogP contribution in [0.5, 0.6) is 34.5 Å². The van der Waals surface area contributed by atoms with Crippen LogP contribution in [0.4, 0.5) is 0 Å². The summed E-state index contributed by atoms with van der Waals surface area (Å²) in [6, 6.07) is 7.06. The fourth-order valence-corrected chi connectivity index (χ4v) is 3.57. The van der Waals surface area contributed by atoms with Gasteiger partial charge in [0.05, 0.1) is 7.11 Å². The number of methoxy groups -OCH3 is 1. The smallest absolute Gasteiger partial charge is 0.335 e. The molecule has 2 heterocycles. The molecular weight excluding hydrogens is 444 g/mol. The Hall–Kier alpha value is -3.45. The SMILES string of the molecule is COc1ccc(C2COc3c(cc(O)cc3OC3OC(C(=O)O)C(O)C(O)C3O)O2)cc1O. The average molecular weight is 466 g/mol. The fraction of sp³-hybridized carbons (Fsp3) is 0.381. The standard InChI is InChI=1S/C21H22O12/c1-29-11-3-2-8(4-10(11)23)14-7-30-18-12(31-14)5-9(22)6-13(18)32-21-17(26)15(24)16(25)19(33-21)20(27)28/h2-6,14-17,19,21-26H,7H2,1H3,(H,27,28). The summed E-state index contributed by atoms with van der Waals surface area (Å²) < 4.78 is 27.2. The number of carbonyl (C=O) groups is 1. The molecule has 0 aromatic heterocycles. The number of hydrogen-bond acceptors (Lipinski definition) is 11. The summed E-state index contributed by atoms with van der Waals surface area (Å²) in [6.45, 7) is -0.0208. The third-order valence-corrected chi connectivity index (χ3v) is 5.28. The number of phenols is 2. The summed E-state index contributed by atoms with van der Waals surface area (Å²) in [7, 11) is 1.42. The molecule has 0 radical (unpaired) electrons. The minimum Gasteiger partial charge on any atom is -0.508 e. The molecule has 0 amide bonds. The second-order valence-electron chi connectivity index (χ2n) is 7.47. The van der Waals surface area contributed by atoms with Gasteiger partial charge >= 0.3 is 5.97 Å². The highest BCUT2D eigenvalue weighted by atomic mass is 16.7. The number of carboxylic acids is 1. The van der Waals surface area contributed by atoms with Crippen molar-refractivity contribution in [2.75, 3.05) is 13.7 Å². The van der Waals surface area contributed by atoms with Crippen molar-refractivity contribution >= 4 is 5.97 Å². The highest BCUT2D eigenvalue weighted by Gasteiger charge is 2.48. The normalized spacial score (nSPS) is 28.7. The van der Waals surface area contributed by atoms with Crippen LogP contribution in [0.25, 0.3) is 0 Å². The summed E-state index contributed by atoms with van der Waals surface area (Å²) in [6.07, 6.45) is -9.75. The Bertz CT molecular complexity index is 1040. The van der Waals surface area contributed by atoms with Crippen LogP contribution in [0.15, 0.2) is 30.3 Å². The van der Waals surface area contributed by atoms with Crippen molar-refractivity contribution < 1.29 is 59.1 Å². The van der Waals surface area contributed by atoms with Gasteiger partial charge in [0.25, 0.3) is 0 Å². The number of rotatable bonds is 5. The zero-order chi connectivity index (χ0) is 23.9. The van der Waals surface area contributed by atoms with E-state index in [4.69, 9.17) is 23.7 Å². The second kappa shape index (κ2) is 8.83. The Morgan fingerprint density at radius 2 is 1.79 bits per heavy atom. The van der Waals surface area contributed by atoms with Crippen LogP contribution in [-0.2, 0) is 9.53 Å². The number of phenolic OH excluding ortho intramolecular Hbond substituents is 2. The van der Waals surface area contributed by atoms with Gasteiger partial charge in [-0.1, -0.05) is 6.07 Å². The Morgan fingerprint density at radius 3 is 2.45 bits per heavy atom. The lowest BCUT2D eigenvalue weighted by Gasteiger charge is -2.38. The van der Waals surface area contributed by atoms with E-state index in [1.165, 1.54) is 19.2 Å². The van der Waals surface area contributed by atoms with Gasteiger partial charge in [0.1, 0.15) is 30.7 Å². The summed E-state index contributed by atoms with van der Waals surface area (Å²) >= 11 is 0. The molecule has 178 valence electrons. The van der Waals surface area contributed by atoms with Gasteiger partial charge in [-0.05, 0) is 17.7 Å². The zero-order valence-corrected chi connectivity index (χ0v) is 17.2. The maximum absolute atomic E-state index is 11.3. The first-order chi connectivity index (χ1) is 15.7. The third-order valence-electron chi connectivity index (χ3n) is 5.28. The number of carboxylic acid groups (broad SMARTS) is 1. The van der Waals surface area contributed by atoms with E-state index in [0.717, 1.165) is 6.07 Å². The van der Waals surface area contributed by atoms with Gasteiger partial charge in [0.2, 0.25) is 12.0 Å². The van der Waals surface area contributed by atoms with Gasteiger partial charge < -0.3 is 54.3 Å². The number of benzene rings is 2. The molecule has 0 spiro atoms. The fourth-order valence-electron chi connectivity index (χ4n) is 3.57. The van der Waals surface area contributed by atoms with Gasteiger partial charge in [-0.15, -0.1) is 0 Å². The molecule has 1 fully saturated rings. The van der Waals surface area contributed by atoms with Crippen LogP contribution in [0.2, 0.25) is 0 Å². The van der Waals surface area contributed by atoms with Crippen LogP contribution in [0.1, 0.15) is 11.7 Å². The Kier molecular flexibility index (Phi) is 6.08. The van der Waals surface area contributed by atoms with Crippen molar-refractivity contribution in [3.05, 3.63) is 35.9 Å². The molecule has 2 aromatic rings. The molecule has 6 atom stereocenters. The van der Waals surface area contributed by atoms with Gasteiger partial charge in [-0.3, -0.25) is 0 Å². The molecule has 1 saturated heterocycles. The number of aliphatic hydroxyl groups is 3. The van der Waals surface area contributed by atoms with Crippen molar-refractivity contribution in [1.29, 1.82) is 0 Å². The Labute approximate surface area is 186 Å². The molecule has 0 aliphatic carbocycles. The monoisotopic (exact) mass is 466 g/mol. The second-order valence-corrected chi connectivity index (χ2v) is 7.47. The van der Waals surface area contributed by atoms with Crippen molar-refractivity contribution in [2.24, 2.45) is 0 Å². The van der Waals surface area contributed by atoms with E-state index in [1.807, 2.05) is 0 Å². The van der Waals surface area contributed by atoms with E-state index in [1.54, 1.807) is 12.1 Å². The van der Waals surface area contributed by atoms with Gasteiger partial charge in [-0.2, -0.15) is 0 Å². The van der Waals surface area contributed by atoms with Crippen LogP contribution >= 0.6 is 0 Å². The summed E-state index contributed by atoms with van der Waals surface area (Å²) in [5.74, 6) is -1.74. The lowest BCUT2D eigenvalue weighted by molar-refractivity contribution is -0.271.